The van der Waals surface area contributed by atoms with Gasteiger partial charge in [0.05, 0.1) is 22.9 Å². The number of allylic oxidation sites excluding steroid dienone is 2. The number of fused-ring (bicyclic) bond motifs is 2. The number of nitrogens with one attached hydrogen (secondary N) is 1. The zero-order valence-electron chi connectivity index (χ0n) is 19.0. The van der Waals surface area contributed by atoms with E-state index < -0.39 is 11.9 Å². The van der Waals surface area contributed by atoms with Crippen molar-refractivity contribution in [3.05, 3.63) is 116 Å². The minimum Gasteiger partial charge on any atom is -0.488 e. The number of dihydropyridines is 1. The molecule has 7 heteroatoms. The van der Waals surface area contributed by atoms with Crippen molar-refractivity contribution in [2.45, 2.75) is 19.4 Å². The number of halogens is 2. The second-order valence-corrected chi connectivity index (χ2v) is 9.21. The summed E-state index contributed by atoms with van der Waals surface area (Å²) in [7, 11) is 1.33. The molecule has 1 aliphatic carbocycles. The minimum absolute atomic E-state index is 0.121. The van der Waals surface area contributed by atoms with E-state index in [9.17, 15) is 14.0 Å². The van der Waals surface area contributed by atoms with Crippen molar-refractivity contribution in [1.82, 2.24) is 5.32 Å². The maximum absolute atomic E-state index is 13.5. The van der Waals surface area contributed by atoms with E-state index in [2.05, 4.69) is 21.2 Å². The van der Waals surface area contributed by atoms with Crippen molar-refractivity contribution in [2.75, 3.05) is 7.11 Å². The Bertz CT molecular complexity index is 1440. The van der Waals surface area contributed by atoms with Crippen molar-refractivity contribution in [2.24, 2.45) is 0 Å². The standard InChI is InChI=1S/C28H21BrFNO4/c1-15-23(28(33)34-2)24(25-26(31-15)19-8-3-4-9-20(19)27(25)32)17-10-11-22(21(29)13-17)35-14-16-6-5-7-18(30)12-16/h3-13,24,31H,14H2,1-2H3/t24-/m0/s1. The van der Waals surface area contributed by atoms with Gasteiger partial charge in [-0.25, -0.2) is 9.18 Å². The Morgan fingerprint density at radius 3 is 2.54 bits per heavy atom. The molecule has 3 aromatic carbocycles. The van der Waals surface area contributed by atoms with Gasteiger partial charge in [-0.3, -0.25) is 4.79 Å². The first-order chi connectivity index (χ1) is 16.9. The third-order valence-corrected chi connectivity index (χ3v) is 6.85. The second-order valence-electron chi connectivity index (χ2n) is 8.36. The predicted octanol–water partition coefficient (Wildman–Crippen LogP) is 5.91. The van der Waals surface area contributed by atoms with Crippen LogP contribution in [-0.2, 0) is 16.1 Å². The van der Waals surface area contributed by atoms with E-state index in [1.165, 1.54) is 19.2 Å². The first-order valence-corrected chi connectivity index (χ1v) is 11.8. The Hall–Kier alpha value is -3.71. The summed E-state index contributed by atoms with van der Waals surface area (Å²) in [4.78, 5) is 26.3. The molecule has 35 heavy (non-hydrogen) atoms. The zero-order valence-corrected chi connectivity index (χ0v) is 20.6. The van der Waals surface area contributed by atoms with Gasteiger partial charge in [0.25, 0.3) is 0 Å². The average molecular weight is 534 g/mol. The molecule has 0 saturated carbocycles. The number of Topliss-reactive ketones (excluding diaryl/α,β-unsaturated/α-hetero) is 1. The third kappa shape index (κ3) is 4.06. The SMILES string of the molecule is COC(=O)C1=C(C)NC2=C(C(=O)c3ccccc32)[C@H]1c1ccc(OCc2cccc(F)c2)c(Br)c1. The monoisotopic (exact) mass is 533 g/mol. The Balaban J connectivity index is 1.54. The van der Waals surface area contributed by atoms with Gasteiger partial charge in [0.1, 0.15) is 18.2 Å². The lowest BCUT2D eigenvalue weighted by atomic mass is 9.80. The molecule has 176 valence electrons. The van der Waals surface area contributed by atoms with Crippen molar-refractivity contribution < 1.29 is 23.5 Å². The lowest BCUT2D eigenvalue weighted by Crippen LogP contribution is -2.29. The predicted molar refractivity (Wildman–Crippen MR) is 133 cm³/mol. The summed E-state index contributed by atoms with van der Waals surface area (Å²) >= 11 is 3.56. The van der Waals surface area contributed by atoms with Crippen LogP contribution in [0.4, 0.5) is 4.39 Å². The van der Waals surface area contributed by atoms with Crippen LogP contribution in [0.5, 0.6) is 5.75 Å². The van der Waals surface area contributed by atoms with Crippen LogP contribution in [0.3, 0.4) is 0 Å². The van der Waals surface area contributed by atoms with Crippen LogP contribution >= 0.6 is 15.9 Å². The van der Waals surface area contributed by atoms with Gasteiger partial charge < -0.3 is 14.8 Å². The van der Waals surface area contributed by atoms with Crippen LogP contribution in [0.2, 0.25) is 0 Å². The molecule has 0 amide bonds. The highest BCUT2D eigenvalue weighted by atomic mass is 79.9. The summed E-state index contributed by atoms with van der Waals surface area (Å²) < 4.78 is 25.1. The number of hydrogen-bond acceptors (Lipinski definition) is 5. The summed E-state index contributed by atoms with van der Waals surface area (Å²) in [5, 5.41) is 3.27. The summed E-state index contributed by atoms with van der Waals surface area (Å²) in [6.45, 7) is 2.00. The first-order valence-electron chi connectivity index (χ1n) is 11.0. The molecular weight excluding hydrogens is 513 g/mol. The lowest BCUT2D eigenvalue weighted by Gasteiger charge is -2.29. The highest BCUT2D eigenvalue weighted by Crippen LogP contribution is 2.47. The van der Waals surface area contributed by atoms with E-state index >= 15 is 0 Å². The Labute approximate surface area is 210 Å². The van der Waals surface area contributed by atoms with Gasteiger partial charge in [0.2, 0.25) is 0 Å². The molecule has 5 nitrogen and oxygen atoms in total. The fourth-order valence-corrected chi connectivity index (χ4v) is 5.16. The second kappa shape index (κ2) is 9.15. The van der Waals surface area contributed by atoms with Crippen LogP contribution in [0.1, 0.15) is 39.9 Å². The van der Waals surface area contributed by atoms with Gasteiger partial charge in [0, 0.05) is 28.3 Å². The number of ketones is 1. The molecule has 0 saturated heterocycles. The smallest absolute Gasteiger partial charge is 0.336 e. The van der Waals surface area contributed by atoms with Gasteiger partial charge in [-0.05, 0) is 58.2 Å². The van der Waals surface area contributed by atoms with Crippen molar-refractivity contribution in [1.29, 1.82) is 0 Å². The topological polar surface area (TPSA) is 64.6 Å². The fourth-order valence-electron chi connectivity index (χ4n) is 4.64. The number of esters is 1. The van der Waals surface area contributed by atoms with Crippen LogP contribution in [0.25, 0.3) is 5.70 Å². The normalized spacial score (nSPS) is 16.6. The summed E-state index contributed by atoms with van der Waals surface area (Å²) in [6.07, 6.45) is 0. The molecule has 0 radical (unpaired) electrons. The maximum Gasteiger partial charge on any atom is 0.336 e. The largest absolute Gasteiger partial charge is 0.488 e. The number of benzene rings is 3. The van der Waals surface area contributed by atoms with Gasteiger partial charge in [-0.15, -0.1) is 0 Å². The van der Waals surface area contributed by atoms with Gasteiger partial charge >= 0.3 is 5.97 Å². The third-order valence-electron chi connectivity index (χ3n) is 6.23. The van der Waals surface area contributed by atoms with E-state index in [0.29, 0.717) is 43.9 Å². The number of ether oxygens (including phenoxy) is 2. The molecule has 1 heterocycles. The Morgan fingerprint density at radius 1 is 1.06 bits per heavy atom. The molecule has 3 aromatic rings. The number of hydrogen-bond donors (Lipinski definition) is 1. The lowest BCUT2D eigenvalue weighted by molar-refractivity contribution is -0.136. The minimum atomic E-state index is -0.618. The van der Waals surface area contributed by atoms with Crippen molar-refractivity contribution in [3.63, 3.8) is 0 Å². The molecule has 0 aromatic heterocycles. The molecule has 5 rings (SSSR count). The van der Waals surface area contributed by atoms with E-state index in [4.69, 9.17) is 9.47 Å². The number of methoxy groups -OCH3 is 1. The highest BCUT2D eigenvalue weighted by Gasteiger charge is 2.42. The molecule has 0 fully saturated rings. The average Bonchev–Trinajstić information content (AvgIpc) is 3.13. The van der Waals surface area contributed by atoms with E-state index in [0.717, 1.165) is 11.1 Å². The molecule has 0 bridgehead atoms. The summed E-state index contributed by atoms with van der Waals surface area (Å²) in [5.74, 6) is -1.01. The van der Waals surface area contributed by atoms with Crippen LogP contribution in [0.15, 0.2) is 88.0 Å². The van der Waals surface area contributed by atoms with Crippen molar-refractivity contribution in [3.8, 4) is 5.75 Å². The van der Waals surface area contributed by atoms with Crippen molar-refractivity contribution >= 4 is 33.4 Å². The van der Waals surface area contributed by atoms with Gasteiger partial charge in [-0.2, -0.15) is 0 Å². The number of carbonyl (C=O) groups excluding carboxylic acids is 2. The Morgan fingerprint density at radius 2 is 1.83 bits per heavy atom. The quantitative estimate of drug-likeness (QED) is 0.413. The summed E-state index contributed by atoms with van der Waals surface area (Å²) in [5.41, 5.74) is 5.10. The van der Waals surface area contributed by atoms with Crippen LogP contribution in [-0.4, -0.2) is 18.9 Å². The number of carbonyl (C=O) groups is 2. The molecule has 0 spiro atoms. The van der Waals surface area contributed by atoms with Gasteiger partial charge in [0.15, 0.2) is 5.78 Å². The molecule has 1 aliphatic heterocycles. The Kier molecular flexibility index (Phi) is 6.03. The van der Waals surface area contributed by atoms with Crippen LogP contribution in [0, 0.1) is 5.82 Å². The maximum atomic E-state index is 13.5. The first kappa shape index (κ1) is 23.1. The van der Waals surface area contributed by atoms with E-state index in [1.807, 2.05) is 30.3 Å². The fraction of sp³-hybridized carbons (Fsp3) is 0.143. The summed E-state index contributed by atoms with van der Waals surface area (Å²) in [6, 6.07) is 19.1. The number of rotatable bonds is 5. The van der Waals surface area contributed by atoms with Crippen LogP contribution < -0.4 is 10.1 Å². The highest BCUT2D eigenvalue weighted by molar-refractivity contribution is 9.10. The molecular formula is C28H21BrFNO4. The zero-order chi connectivity index (χ0) is 24.7. The molecule has 2 aliphatic rings. The van der Waals surface area contributed by atoms with E-state index in [-0.39, 0.29) is 18.2 Å². The molecule has 1 atom stereocenters. The molecule has 1 N–H and O–H groups in total. The van der Waals surface area contributed by atoms with E-state index in [1.54, 1.807) is 31.2 Å². The molecule has 0 unspecified atom stereocenters. The van der Waals surface area contributed by atoms with Gasteiger partial charge in [-0.1, -0.05) is 42.5 Å².